The first-order valence-electron chi connectivity index (χ1n) is 10.5. The van der Waals surface area contributed by atoms with E-state index in [4.69, 9.17) is 4.74 Å². The van der Waals surface area contributed by atoms with Gasteiger partial charge in [0.2, 0.25) is 5.91 Å². The van der Waals surface area contributed by atoms with Gasteiger partial charge in [-0.15, -0.1) is 0 Å². The SMILES string of the molecule is COC(=O)c1c(C)c(C(=O)C(C)N(Cc2ccc(F)cc2)C(=O)C2CCC2)c(C)n1C. The second-order valence-corrected chi connectivity index (χ2v) is 8.25. The number of esters is 1. The van der Waals surface area contributed by atoms with Crippen molar-refractivity contribution < 1.29 is 23.5 Å². The molecular formula is C24H29FN2O4. The van der Waals surface area contributed by atoms with Crippen molar-refractivity contribution in [3.05, 3.63) is 58.2 Å². The molecule has 3 rings (SSSR count). The van der Waals surface area contributed by atoms with Crippen LogP contribution in [-0.2, 0) is 23.1 Å². The Hall–Kier alpha value is -2.96. The molecule has 1 aliphatic rings. The van der Waals surface area contributed by atoms with E-state index in [1.807, 2.05) is 0 Å². The highest BCUT2D eigenvalue weighted by molar-refractivity contribution is 6.06. The minimum Gasteiger partial charge on any atom is -0.464 e. The lowest BCUT2D eigenvalue weighted by atomic mass is 9.83. The summed E-state index contributed by atoms with van der Waals surface area (Å²) in [5, 5.41) is 0. The molecule has 1 unspecified atom stereocenters. The van der Waals surface area contributed by atoms with Crippen molar-refractivity contribution in [2.75, 3.05) is 7.11 Å². The van der Waals surface area contributed by atoms with Gasteiger partial charge in [-0.1, -0.05) is 18.6 Å². The van der Waals surface area contributed by atoms with E-state index < -0.39 is 12.0 Å². The van der Waals surface area contributed by atoms with Gasteiger partial charge in [0.15, 0.2) is 5.78 Å². The van der Waals surface area contributed by atoms with Crippen LogP contribution in [0.25, 0.3) is 0 Å². The molecule has 1 aliphatic carbocycles. The van der Waals surface area contributed by atoms with Crippen LogP contribution in [0.3, 0.4) is 0 Å². The van der Waals surface area contributed by atoms with E-state index in [-0.39, 0.29) is 30.0 Å². The lowest BCUT2D eigenvalue weighted by Crippen LogP contribution is -2.47. The molecule has 2 aromatic rings. The topological polar surface area (TPSA) is 68.6 Å². The number of aromatic nitrogens is 1. The molecule has 0 bridgehead atoms. The van der Waals surface area contributed by atoms with Gasteiger partial charge in [0.25, 0.3) is 0 Å². The monoisotopic (exact) mass is 428 g/mol. The molecule has 166 valence electrons. The molecule has 1 aromatic heterocycles. The molecule has 1 heterocycles. The summed E-state index contributed by atoms with van der Waals surface area (Å²) in [7, 11) is 3.02. The van der Waals surface area contributed by atoms with Crippen LogP contribution >= 0.6 is 0 Å². The number of ether oxygens (including phenoxy) is 1. The number of hydrogen-bond donors (Lipinski definition) is 0. The van der Waals surface area contributed by atoms with Gasteiger partial charge in [0.05, 0.1) is 13.2 Å². The number of Topliss-reactive ketones (excluding diaryl/α,β-unsaturated/α-hetero) is 1. The smallest absolute Gasteiger partial charge is 0.354 e. The van der Waals surface area contributed by atoms with Gasteiger partial charge in [-0.3, -0.25) is 9.59 Å². The number of hydrogen-bond acceptors (Lipinski definition) is 4. The Balaban J connectivity index is 1.96. The maximum atomic E-state index is 13.6. The molecule has 1 aromatic carbocycles. The molecule has 6 nitrogen and oxygen atoms in total. The second kappa shape index (κ2) is 9.04. The quantitative estimate of drug-likeness (QED) is 0.494. The van der Waals surface area contributed by atoms with Crippen molar-refractivity contribution in [1.29, 1.82) is 0 Å². The highest BCUT2D eigenvalue weighted by Gasteiger charge is 2.36. The molecule has 0 spiro atoms. The summed E-state index contributed by atoms with van der Waals surface area (Å²) in [5.74, 6) is -1.23. The van der Waals surface area contributed by atoms with E-state index in [9.17, 15) is 18.8 Å². The van der Waals surface area contributed by atoms with E-state index >= 15 is 0 Å². The van der Waals surface area contributed by atoms with Crippen LogP contribution in [0, 0.1) is 25.6 Å². The lowest BCUT2D eigenvalue weighted by molar-refractivity contribution is -0.140. The Labute approximate surface area is 182 Å². The summed E-state index contributed by atoms with van der Waals surface area (Å²) in [5.41, 5.74) is 2.70. The number of amides is 1. The minimum atomic E-state index is -0.733. The van der Waals surface area contributed by atoms with Crippen molar-refractivity contribution in [3.8, 4) is 0 Å². The molecule has 0 radical (unpaired) electrons. The van der Waals surface area contributed by atoms with E-state index in [0.717, 1.165) is 24.8 Å². The molecule has 7 heteroatoms. The fourth-order valence-electron chi connectivity index (χ4n) is 4.16. The molecule has 1 atom stereocenters. The second-order valence-electron chi connectivity index (χ2n) is 8.25. The molecule has 1 saturated carbocycles. The third kappa shape index (κ3) is 4.27. The Morgan fingerprint density at radius 3 is 2.32 bits per heavy atom. The number of carbonyl (C=O) groups is 3. The van der Waals surface area contributed by atoms with E-state index in [1.165, 1.54) is 19.2 Å². The van der Waals surface area contributed by atoms with E-state index in [1.54, 1.807) is 49.4 Å². The number of methoxy groups -OCH3 is 1. The largest absolute Gasteiger partial charge is 0.464 e. The van der Waals surface area contributed by atoms with Crippen LogP contribution in [0.4, 0.5) is 4.39 Å². The van der Waals surface area contributed by atoms with Gasteiger partial charge in [-0.2, -0.15) is 0 Å². The van der Waals surface area contributed by atoms with Crippen molar-refractivity contribution in [2.45, 2.75) is 52.6 Å². The predicted molar refractivity (Wildman–Crippen MR) is 114 cm³/mol. The fraction of sp³-hybridized carbons (Fsp3) is 0.458. The zero-order chi connectivity index (χ0) is 22.9. The molecule has 0 N–H and O–H groups in total. The number of nitrogens with zero attached hydrogens (tertiary/aromatic N) is 2. The Morgan fingerprint density at radius 1 is 1.19 bits per heavy atom. The first kappa shape index (κ1) is 22.7. The van der Waals surface area contributed by atoms with Gasteiger partial charge in [0, 0.05) is 30.8 Å². The summed E-state index contributed by atoms with van der Waals surface area (Å²) >= 11 is 0. The van der Waals surface area contributed by atoms with Crippen LogP contribution < -0.4 is 0 Å². The van der Waals surface area contributed by atoms with Gasteiger partial charge >= 0.3 is 5.97 Å². The standard InChI is InChI=1S/C24H29FN2O4/c1-14-20(15(2)26(4)21(14)24(30)31-5)22(28)16(3)27(23(29)18-7-6-8-18)13-17-9-11-19(25)12-10-17/h9-12,16,18H,6-8,13H2,1-5H3. The first-order valence-corrected chi connectivity index (χ1v) is 10.5. The number of carbonyl (C=O) groups excluding carboxylic acids is 3. The molecule has 31 heavy (non-hydrogen) atoms. The van der Waals surface area contributed by atoms with Crippen LogP contribution in [0.1, 0.15) is 63.9 Å². The highest BCUT2D eigenvalue weighted by Crippen LogP contribution is 2.31. The predicted octanol–water partition coefficient (Wildman–Crippen LogP) is 3.97. The summed E-state index contributed by atoms with van der Waals surface area (Å²) < 4.78 is 19.9. The summed E-state index contributed by atoms with van der Waals surface area (Å²) in [6.07, 6.45) is 2.63. The number of ketones is 1. The minimum absolute atomic E-state index is 0.0594. The lowest BCUT2D eigenvalue weighted by Gasteiger charge is -2.35. The fourth-order valence-corrected chi connectivity index (χ4v) is 4.16. The van der Waals surface area contributed by atoms with Crippen molar-refractivity contribution >= 4 is 17.7 Å². The third-order valence-corrected chi connectivity index (χ3v) is 6.41. The average molecular weight is 429 g/mol. The van der Waals surface area contributed by atoms with Gasteiger partial charge in [-0.05, 0) is 56.9 Å². The molecule has 1 amide bonds. The Bertz CT molecular complexity index is 1010. The van der Waals surface area contributed by atoms with Crippen LogP contribution in [0.5, 0.6) is 0 Å². The third-order valence-electron chi connectivity index (χ3n) is 6.41. The highest BCUT2D eigenvalue weighted by atomic mass is 19.1. The summed E-state index contributed by atoms with van der Waals surface area (Å²) in [4.78, 5) is 40.6. The Kier molecular flexibility index (Phi) is 6.62. The number of halogens is 1. The normalized spacial score (nSPS) is 14.6. The molecule has 0 saturated heterocycles. The summed E-state index contributed by atoms with van der Waals surface area (Å²) in [6.45, 7) is 5.43. The molecule has 0 aliphatic heterocycles. The van der Waals surface area contributed by atoms with Gasteiger partial charge in [-0.25, -0.2) is 9.18 Å². The van der Waals surface area contributed by atoms with Gasteiger partial charge in [0.1, 0.15) is 11.5 Å². The van der Waals surface area contributed by atoms with Crippen LogP contribution in [0.2, 0.25) is 0 Å². The molecule has 1 fully saturated rings. The number of benzene rings is 1. The zero-order valence-corrected chi connectivity index (χ0v) is 18.7. The van der Waals surface area contributed by atoms with Crippen molar-refractivity contribution in [3.63, 3.8) is 0 Å². The van der Waals surface area contributed by atoms with Gasteiger partial charge < -0.3 is 14.2 Å². The maximum absolute atomic E-state index is 13.6. The van der Waals surface area contributed by atoms with E-state index in [0.29, 0.717) is 22.5 Å². The van der Waals surface area contributed by atoms with Crippen LogP contribution in [0.15, 0.2) is 24.3 Å². The van der Waals surface area contributed by atoms with Crippen LogP contribution in [-0.4, -0.2) is 40.3 Å². The van der Waals surface area contributed by atoms with Crippen molar-refractivity contribution in [2.24, 2.45) is 13.0 Å². The van der Waals surface area contributed by atoms with E-state index in [2.05, 4.69) is 0 Å². The zero-order valence-electron chi connectivity index (χ0n) is 18.7. The summed E-state index contributed by atoms with van der Waals surface area (Å²) in [6, 6.07) is 5.22. The maximum Gasteiger partial charge on any atom is 0.354 e. The number of rotatable bonds is 7. The average Bonchev–Trinajstić information content (AvgIpc) is 2.93. The first-order chi connectivity index (χ1) is 14.7. The van der Waals surface area contributed by atoms with Crippen molar-refractivity contribution in [1.82, 2.24) is 9.47 Å². The Morgan fingerprint density at radius 2 is 1.81 bits per heavy atom. The molecular weight excluding hydrogens is 399 g/mol.